The van der Waals surface area contributed by atoms with Gasteiger partial charge in [-0.2, -0.15) is 0 Å². The van der Waals surface area contributed by atoms with Crippen LogP contribution in [0.1, 0.15) is 39.3 Å². The molecule has 1 aromatic heterocycles. The molecule has 6 nitrogen and oxygen atoms in total. The summed E-state index contributed by atoms with van der Waals surface area (Å²) in [7, 11) is 1.50. The number of para-hydroxylation sites is 1. The number of aromatic nitrogens is 1. The van der Waals surface area contributed by atoms with Gasteiger partial charge in [0.05, 0.1) is 19.3 Å². The van der Waals surface area contributed by atoms with Crippen molar-refractivity contribution >= 4 is 22.7 Å². The Balaban J connectivity index is 1.68. The summed E-state index contributed by atoms with van der Waals surface area (Å²) in [6, 6.07) is 21.3. The number of H-pyrrole nitrogens is 1. The molecule has 0 saturated carbocycles. The minimum atomic E-state index is -1.10. The molecule has 0 aliphatic carbocycles. The number of hydrogen-bond acceptors (Lipinski definition) is 5. The zero-order valence-corrected chi connectivity index (χ0v) is 17.8. The van der Waals surface area contributed by atoms with Crippen LogP contribution in [0.4, 0.5) is 0 Å². The van der Waals surface area contributed by atoms with Crippen LogP contribution in [0.3, 0.4) is 0 Å². The molecule has 6 heteroatoms. The number of carbonyl (C=O) groups is 2. The van der Waals surface area contributed by atoms with Gasteiger partial charge in [0, 0.05) is 28.2 Å². The molecule has 1 heterocycles. The second-order valence-corrected chi connectivity index (χ2v) is 7.11. The predicted octanol–water partition coefficient (Wildman–Crippen LogP) is 5.36. The van der Waals surface area contributed by atoms with Crippen LogP contribution in [0.5, 0.6) is 11.5 Å². The van der Waals surface area contributed by atoms with Gasteiger partial charge in [-0.3, -0.25) is 4.79 Å². The number of ether oxygens (including phenoxy) is 3. The summed E-state index contributed by atoms with van der Waals surface area (Å²) in [5, 5.41) is 0.775. The molecule has 0 aliphatic heterocycles. The number of nitrogens with one attached hydrogen (secondary N) is 1. The van der Waals surface area contributed by atoms with Gasteiger partial charge in [-0.05, 0) is 31.2 Å². The molecule has 0 spiro atoms. The number of carbonyl (C=O) groups excluding carboxylic acids is 2. The quantitative estimate of drug-likeness (QED) is 0.302. The van der Waals surface area contributed by atoms with Crippen LogP contribution in [0.25, 0.3) is 10.9 Å². The first-order valence-corrected chi connectivity index (χ1v) is 10.3. The monoisotopic (exact) mass is 429 g/mol. The van der Waals surface area contributed by atoms with Crippen LogP contribution in [0, 0.1) is 0 Å². The molecule has 0 aliphatic rings. The van der Waals surface area contributed by atoms with E-state index >= 15 is 0 Å². The normalized spacial score (nSPS) is 11.7. The molecular weight excluding hydrogens is 406 g/mol. The minimum Gasteiger partial charge on any atom is -0.493 e. The Bertz CT molecular complexity index is 1250. The lowest BCUT2D eigenvalue weighted by Gasteiger charge is -2.18. The minimum absolute atomic E-state index is 0.262. The summed E-state index contributed by atoms with van der Waals surface area (Å²) in [5.41, 5.74) is 2.16. The van der Waals surface area contributed by atoms with Crippen molar-refractivity contribution in [3.63, 3.8) is 0 Å². The van der Waals surface area contributed by atoms with Crippen molar-refractivity contribution in [2.45, 2.75) is 13.0 Å². The van der Waals surface area contributed by atoms with E-state index in [1.54, 1.807) is 48.7 Å². The maximum Gasteiger partial charge on any atom is 0.339 e. The maximum absolute atomic E-state index is 13.5. The number of Topliss-reactive ketones (excluding diaryl/α,β-unsaturated/α-hetero) is 1. The second-order valence-electron chi connectivity index (χ2n) is 7.11. The molecule has 0 saturated heterocycles. The van der Waals surface area contributed by atoms with Gasteiger partial charge in [0.2, 0.25) is 5.78 Å². The SMILES string of the molecule is CCOc1ccc(C(=O)OC(C(=O)c2c[nH]c3ccccc23)c2ccccc2)cc1OC. The van der Waals surface area contributed by atoms with Crippen LogP contribution < -0.4 is 9.47 Å². The summed E-state index contributed by atoms with van der Waals surface area (Å²) >= 11 is 0. The Kier molecular flexibility index (Phi) is 6.22. The highest BCUT2D eigenvalue weighted by Gasteiger charge is 2.29. The van der Waals surface area contributed by atoms with Crippen molar-refractivity contribution in [1.29, 1.82) is 0 Å². The van der Waals surface area contributed by atoms with E-state index in [0.29, 0.717) is 29.2 Å². The molecule has 4 rings (SSSR count). The number of methoxy groups -OCH3 is 1. The third-order valence-electron chi connectivity index (χ3n) is 5.12. The van der Waals surface area contributed by atoms with E-state index in [0.717, 1.165) is 10.9 Å². The van der Waals surface area contributed by atoms with Gasteiger partial charge >= 0.3 is 5.97 Å². The Morgan fingerprint density at radius 3 is 2.44 bits per heavy atom. The van der Waals surface area contributed by atoms with Gasteiger partial charge in [-0.25, -0.2) is 4.79 Å². The van der Waals surface area contributed by atoms with Crippen molar-refractivity contribution in [2.75, 3.05) is 13.7 Å². The summed E-state index contributed by atoms with van der Waals surface area (Å²) in [6.45, 7) is 2.33. The average Bonchev–Trinajstić information content (AvgIpc) is 3.27. The first kappa shape index (κ1) is 21.2. The van der Waals surface area contributed by atoms with E-state index in [1.165, 1.54) is 7.11 Å². The van der Waals surface area contributed by atoms with Gasteiger partial charge < -0.3 is 19.2 Å². The van der Waals surface area contributed by atoms with Crippen LogP contribution in [-0.4, -0.2) is 30.5 Å². The lowest BCUT2D eigenvalue weighted by molar-refractivity contribution is 0.0280. The summed E-state index contributed by atoms with van der Waals surface area (Å²) in [6.07, 6.45) is 0.553. The highest BCUT2D eigenvalue weighted by atomic mass is 16.5. The lowest BCUT2D eigenvalue weighted by atomic mass is 9.99. The Hall–Kier alpha value is -4.06. The van der Waals surface area contributed by atoms with E-state index < -0.39 is 12.1 Å². The molecular formula is C26H23NO5. The maximum atomic E-state index is 13.5. The Morgan fingerprint density at radius 2 is 1.69 bits per heavy atom. The third kappa shape index (κ3) is 4.21. The molecule has 1 N–H and O–H groups in total. The van der Waals surface area contributed by atoms with Gasteiger partial charge in [0.1, 0.15) is 0 Å². The van der Waals surface area contributed by atoms with Gasteiger partial charge in [-0.1, -0.05) is 48.5 Å². The molecule has 0 fully saturated rings. The largest absolute Gasteiger partial charge is 0.493 e. The topological polar surface area (TPSA) is 77.6 Å². The number of hydrogen-bond donors (Lipinski definition) is 1. The Labute approximate surface area is 185 Å². The fourth-order valence-corrected chi connectivity index (χ4v) is 3.56. The molecule has 3 aromatic carbocycles. The first-order valence-electron chi connectivity index (χ1n) is 10.3. The smallest absolute Gasteiger partial charge is 0.339 e. The van der Waals surface area contributed by atoms with Gasteiger partial charge in [0.15, 0.2) is 17.6 Å². The number of benzene rings is 3. The van der Waals surface area contributed by atoms with Crippen molar-refractivity contribution in [3.05, 3.63) is 95.7 Å². The van der Waals surface area contributed by atoms with Gasteiger partial charge in [0.25, 0.3) is 0 Å². The summed E-state index contributed by atoms with van der Waals surface area (Å²) in [4.78, 5) is 29.6. The molecule has 0 radical (unpaired) electrons. The Morgan fingerprint density at radius 1 is 0.938 bits per heavy atom. The highest BCUT2D eigenvalue weighted by Crippen LogP contribution is 2.31. The molecule has 162 valence electrons. The number of aromatic amines is 1. The van der Waals surface area contributed by atoms with Crippen LogP contribution in [0.2, 0.25) is 0 Å². The van der Waals surface area contributed by atoms with E-state index in [2.05, 4.69) is 4.98 Å². The van der Waals surface area contributed by atoms with Gasteiger partial charge in [-0.15, -0.1) is 0 Å². The zero-order valence-electron chi connectivity index (χ0n) is 17.8. The molecule has 1 unspecified atom stereocenters. The van der Waals surface area contributed by atoms with Crippen molar-refractivity contribution < 1.29 is 23.8 Å². The first-order chi connectivity index (χ1) is 15.6. The summed E-state index contributed by atoms with van der Waals surface area (Å²) in [5.74, 6) is 0.00911. The highest BCUT2D eigenvalue weighted by molar-refractivity contribution is 6.11. The van der Waals surface area contributed by atoms with E-state index in [-0.39, 0.29) is 11.3 Å². The summed E-state index contributed by atoms with van der Waals surface area (Å²) < 4.78 is 16.6. The number of rotatable bonds is 8. The third-order valence-corrected chi connectivity index (χ3v) is 5.12. The van der Waals surface area contributed by atoms with Crippen molar-refractivity contribution in [2.24, 2.45) is 0 Å². The molecule has 0 bridgehead atoms. The molecule has 32 heavy (non-hydrogen) atoms. The van der Waals surface area contributed by atoms with Crippen molar-refractivity contribution in [3.8, 4) is 11.5 Å². The van der Waals surface area contributed by atoms with Crippen LogP contribution >= 0.6 is 0 Å². The van der Waals surface area contributed by atoms with E-state index in [9.17, 15) is 9.59 Å². The predicted molar refractivity (Wildman–Crippen MR) is 121 cm³/mol. The standard InChI is InChI=1S/C26H23NO5/c1-3-31-22-14-13-18(15-23(22)30-2)26(29)32-25(17-9-5-4-6-10-17)24(28)20-16-27-21-12-8-7-11-19(20)21/h4-16,25,27H,3H2,1-2H3. The second kappa shape index (κ2) is 9.39. The zero-order chi connectivity index (χ0) is 22.5. The van der Waals surface area contributed by atoms with Crippen molar-refractivity contribution in [1.82, 2.24) is 4.98 Å². The van der Waals surface area contributed by atoms with Crippen LogP contribution in [-0.2, 0) is 4.74 Å². The molecule has 0 amide bonds. The average molecular weight is 429 g/mol. The number of fused-ring (bicyclic) bond motifs is 1. The number of esters is 1. The van der Waals surface area contributed by atoms with E-state index in [1.807, 2.05) is 37.3 Å². The lowest BCUT2D eigenvalue weighted by Crippen LogP contribution is -2.20. The fourth-order valence-electron chi connectivity index (χ4n) is 3.56. The van der Waals surface area contributed by atoms with Crippen LogP contribution in [0.15, 0.2) is 79.0 Å². The molecule has 4 aromatic rings. The number of ketones is 1. The fraction of sp³-hybridized carbons (Fsp3) is 0.154. The molecule has 1 atom stereocenters. The van der Waals surface area contributed by atoms with E-state index in [4.69, 9.17) is 14.2 Å².